The zero-order chi connectivity index (χ0) is 17.0. The summed E-state index contributed by atoms with van der Waals surface area (Å²) >= 11 is 17.8. The molecule has 0 spiro atoms. The fourth-order valence-electron chi connectivity index (χ4n) is 1.73. The van der Waals surface area contributed by atoms with Gasteiger partial charge < -0.3 is 0 Å². The van der Waals surface area contributed by atoms with Crippen LogP contribution in [0.25, 0.3) is 0 Å². The number of nitriles is 1. The van der Waals surface area contributed by atoms with Crippen molar-refractivity contribution in [1.29, 1.82) is 5.26 Å². The highest BCUT2D eigenvalue weighted by Gasteiger charge is 2.15. The lowest BCUT2D eigenvalue weighted by Crippen LogP contribution is -2.14. The van der Waals surface area contributed by atoms with E-state index in [1.54, 1.807) is 30.3 Å². The van der Waals surface area contributed by atoms with Crippen LogP contribution in [-0.2, 0) is 0 Å². The second-order valence-electron chi connectivity index (χ2n) is 4.62. The van der Waals surface area contributed by atoms with E-state index in [1.807, 2.05) is 6.92 Å². The molecule has 7 heteroatoms. The lowest BCUT2D eigenvalue weighted by Gasteiger charge is -2.07. The Morgan fingerprint density at radius 1 is 1.13 bits per heavy atom. The van der Waals surface area contributed by atoms with E-state index < -0.39 is 5.78 Å². The maximum atomic E-state index is 12.3. The molecule has 0 unspecified atom stereocenters. The molecule has 0 aliphatic carbocycles. The maximum Gasteiger partial charge on any atom is 0.223 e. The van der Waals surface area contributed by atoms with Crippen molar-refractivity contribution in [1.82, 2.24) is 0 Å². The molecule has 0 radical (unpaired) electrons. The summed E-state index contributed by atoms with van der Waals surface area (Å²) in [5.74, 6) is -0.499. The fourth-order valence-corrected chi connectivity index (χ4v) is 2.63. The second-order valence-corrected chi connectivity index (χ2v) is 5.87. The molecule has 116 valence electrons. The zero-order valence-electron chi connectivity index (χ0n) is 11.9. The number of nitrogens with zero attached hydrogens (tertiary/aromatic N) is 2. The average Bonchev–Trinajstić information content (AvgIpc) is 2.50. The van der Waals surface area contributed by atoms with E-state index in [4.69, 9.17) is 40.1 Å². The Labute approximate surface area is 148 Å². The second kappa shape index (κ2) is 7.47. The van der Waals surface area contributed by atoms with Crippen molar-refractivity contribution in [3.63, 3.8) is 0 Å². The molecule has 1 N–H and O–H groups in total. The number of hydrogen-bond acceptors (Lipinski definition) is 4. The van der Waals surface area contributed by atoms with E-state index in [0.29, 0.717) is 10.6 Å². The Morgan fingerprint density at radius 3 is 2.22 bits per heavy atom. The minimum absolute atomic E-state index is 0.228. The van der Waals surface area contributed by atoms with Crippen LogP contribution in [0, 0.1) is 18.3 Å². The van der Waals surface area contributed by atoms with Gasteiger partial charge in [0.15, 0.2) is 0 Å². The maximum absolute atomic E-state index is 12.3. The first kappa shape index (κ1) is 17.3. The molecule has 2 rings (SSSR count). The molecule has 0 amide bonds. The molecule has 0 aliphatic rings. The fraction of sp³-hybridized carbons (Fsp3) is 0.0625. The monoisotopic (exact) mass is 365 g/mol. The molecule has 0 aromatic heterocycles. The van der Waals surface area contributed by atoms with Crippen molar-refractivity contribution in [3.8, 4) is 6.07 Å². The molecule has 0 bridgehead atoms. The molecular formula is C16H10Cl3N3O. The first-order valence-corrected chi connectivity index (χ1v) is 7.55. The molecule has 4 nitrogen and oxygen atoms in total. The predicted molar refractivity (Wildman–Crippen MR) is 93.7 cm³/mol. The van der Waals surface area contributed by atoms with E-state index in [2.05, 4.69) is 10.5 Å². The van der Waals surface area contributed by atoms with E-state index in [0.717, 1.165) is 5.56 Å². The summed E-state index contributed by atoms with van der Waals surface area (Å²) in [5.41, 5.74) is 3.88. The normalized spacial score (nSPS) is 11.0. The molecule has 0 saturated heterocycles. The highest BCUT2D eigenvalue weighted by atomic mass is 35.5. The van der Waals surface area contributed by atoms with Crippen LogP contribution < -0.4 is 5.43 Å². The summed E-state index contributed by atoms with van der Waals surface area (Å²) in [7, 11) is 0. The van der Waals surface area contributed by atoms with Crippen LogP contribution >= 0.6 is 34.8 Å². The number of hydrazone groups is 1. The smallest absolute Gasteiger partial charge is 0.223 e. The average molecular weight is 367 g/mol. The van der Waals surface area contributed by atoms with Crippen LogP contribution in [0.4, 0.5) is 5.69 Å². The van der Waals surface area contributed by atoms with Crippen LogP contribution in [0.2, 0.25) is 15.1 Å². The van der Waals surface area contributed by atoms with Gasteiger partial charge >= 0.3 is 0 Å². The number of halogens is 3. The lowest BCUT2D eigenvalue weighted by atomic mass is 10.1. The van der Waals surface area contributed by atoms with Gasteiger partial charge in [0.2, 0.25) is 11.5 Å². The minimum atomic E-state index is -0.499. The third-order valence-electron chi connectivity index (χ3n) is 2.92. The first-order chi connectivity index (χ1) is 10.9. The molecule has 0 atom stereocenters. The number of hydrogen-bond donors (Lipinski definition) is 1. The van der Waals surface area contributed by atoms with E-state index in [9.17, 15) is 4.79 Å². The lowest BCUT2D eigenvalue weighted by molar-refractivity contribution is 0.106. The zero-order valence-corrected chi connectivity index (χ0v) is 14.2. The molecule has 0 saturated carbocycles. The Bertz CT molecular complexity index is 800. The number of ketones is 1. The summed E-state index contributed by atoms with van der Waals surface area (Å²) in [6.45, 7) is 1.90. The predicted octanol–water partition coefficient (Wildman–Crippen LogP) is 5.13. The van der Waals surface area contributed by atoms with Gasteiger partial charge in [0.1, 0.15) is 6.07 Å². The number of aryl methyl sites for hydroxylation is 1. The first-order valence-electron chi connectivity index (χ1n) is 6.42. The SMILES string of the molecule is Cc1ccc(C(=O)C(C#N)=NNc2c(Cl)cc(Cl)cc2Cl)cc1. The summed E-state index contributed by atoms with van der Waals surface area (Å²) in [5, 5.41) is 13.8. The van der Waals surface area contributed by atoms with Crippen molar-refractivity contribution in [2.75, 3.05) is 5.43 Å². The third-order valence-corrected chi connectivity index (χ3v) is 3.74. The van der Waals surface area contributed by atoms with Gasteiger partial charge in [-0.15, -0.1) is 0 Å². The van der Waals surface area contributed by atoms with Crippen LogP contribution in [0.1, 0.15) is 15.9 Å². The van der Waals surface area contributed by atoms with Gasteiger partial charge in [-0.3, -0.25) is 10.2 Å². The molecule has 0 aliphatic heterocycles. The van der Waals surface area contributed by atoms with E-state index >= 15 is 0 Å². The molecule has 0 fully saturated rings. The largest absolute Gasteiger partial charge is 0.286 e. The van der Waals surface area contributed by atoms with Crippen molar-refractivity contribution in [2.24, 2.45) is 5.10 Å². The van der Waals surface area contributed by atoms with Gasteiger partial charge in [-0.1, -0.05) is 64.6 Å². The van der Waals surface area contributed by atoms with E-state index in [-0.39, 0.29) is 21.4 Å². The van der Waals surface area contributed by atoms with Crippen LogP contribution in [0.3, 0.4) is 0 Å². The number of rotatable bonds is 4. The number of carbonyl (C=O) groups is 1. The van der Waals surface area contributed by atoms with Crippen LogP contribution in [0.15, 0.2) is 41.5 Å². The molecule has 2 aromatic carbocycles. The van der Waals surface area contributed by atoms with Crippen LogP contribution in [-0.4, -0.2) is 11.5 Å². The van der Waals surface area contributed by atoms with Gasteiger partial charge in [-0.05, 0) is 19.1 Å². The van der Waals surface area contributed by atoms with Crippen molar-refractivity contribution in [3.05, 3.63) is 62.6 Å². The number of benzene rings is 2. The van der Waals surface area contributed by atoms with Crippen LogP contribution in [0.5, 0.6) is 0 Å². The summed E-state index contributed by atoms with van der Waals surface area (Å²) in [6, 6.07) is 11.5. The Kier molecular flexibility index (Phi) is 5.62. The van der Waals surface area contributed by atoms with Gasteiger partial charge in [0.05, 0.1) is 15.7 Å². The number of nitrogens with one attached hydrogen (secondary N) is 1. The topological polar surface area (TPSA) is 65.2 Å². The number of carbonyl (C=O) groups excluding carboxylic acids is 1. The Morgan fingerprint density at radius 2 is 1.70 bits per heavy atom. The van der Waals surface area contributed by atoms with Gasteiger partial charge in [-0.2, -0.15) is 10.4 Å². The molecule has 0 heterocycles. The number of anilines is 1. The van der Waals surface area contributed by atoms with Crippen molar-refractivity contribution >= 4 is 52.0 Å². The van der Waals surface area contributed by atoms with Gasteiger partial charge in [0.25, 0.3) is 0 Å². The van der Waals surface area contributed by atoms with Gasteiger partial charge in [-0.25, -0.2) is 0 Å². The Hall–Kier alpha value is -2.06. The quantitative estimate of drug-likeness (QED) is 0.463. The summed E-state index contributed by atoms with van der Waals surface area (Å²) in [4.78, 5) is 12.3. The van der Waals surface area contributed by atoms with Gasteiger partial charge in [0, 0.05) is 10.6 Å². The summed E-state index contributed by atoms with van der Waals surface area (Å²) in [6.07, 6.45) is 0. The highest BCUT2D eigenvalue weighted by Crippen LogP contribution is 2.33. The molecule has 2 aromatic rings. The number of Topliss-reactive ketones (excluding diaryl/α,β-unsaturated/α-hetero) is 1. The van der Waals surface area contributed by atoms with Crippen molar-refractivity contribution < 1.29 is 4.79 Å². The third kappa shape index (κ3) is 4.23. The Balaban J connectivity index is 2.28. The van der Waals surface area contributed by atoms with Crippen molar-refractivity contribution in [2.45, 2.75) is 6.92 Å². The van der Waals surface area contributed by atoms with E-state index in [1.165, 1.54) is 12.1 Å². The minimum Gasteiger partial charge on any atom is -0.286 e. The summed E-state index contributed by atoms with van der Waals surface area (Å²) < 4.78 is 0. The molecule has 23 heavy (non-hydrogen) atoms. The standard InChI is InChI=1S/C16H10Cl3N3O/c1-9-2-4-10(5-3-9)16(23)14(8-20)21-22-15-12(18)6-11(17)7-13(15)19/h2-7,22H,1H3. The molecular weight excluding hydrogens is 357 g/mol. The highest BCUT2D eigenvalue weighted by molar-refractivity contribution is 6.51.